The van der Waals surface area contributed by atoms with Crippen molar-refractivity contribution >= 4 is 17.6 Å². The Hall–Kier alpha value is -2.96. The molecule has 2 rings (SSSR count). The average Bonchev–Trinajstić information content (AvgIpc) is 2.68. The van der Waals surface area contributed by atoms with Crippen LogP contribution in [0.3, 0.4) is 0 Å². The number of hydrogen-bond donors (Lipinski definition) is 2. The second-order valence-electron chi connectivity index (χ2n) is 6.48. The fraction of sp³-hybridized carbons (Fsp3) is 0.400. The summed E-state index contributed by atoms with van der Waals surface area (Å²) in [5.41, 5.74) is 8.33. The first-order chi connectivity index (χ1) is 12.9. The van der Waals surface area contributed by atoms with Gasteiger partial charge in [0.15, 0.2) is 0 Å². The van der Waals surface area contributed by atoms with E-state index in [1.165, 1.54) is 0 Å². The molecule has 146 valence electrons. The zero-order valence-electron chi connectivity index (χ0n) is 16.3. The SMILES string of the molecule is CC/C=C(NC(=O)N1CCN(C(C)=O)CC1)/C(N)=C\N(C)c1ccccc1. The molecule has 1 heterocycles. The maximum Gasteiger partial charge on any atom is 0.322 e. The van der Waals surface area contributed by atoms with Gasteiger partial charge in [0.2, 0.25) is 5.91 Å². The van der Waals surface area contributed by atoms with Crippen molar-refractivity contribution in [3.05, 3.63) is 54.0 Å². The normalized spacial score (nSPS) is 15.5. The van der Waals surface area contributed by atoms with Gasteiger partial charge in [-0.3, -0.25) is 4.79 Å². The summed E-state index contributed by atoms with van der Waals surface area (Å²) in [7, 11) is 1.91. The maximum atomic E-state index is 12.6. The maximum absolute atomic E-state index is 12.6. The number of rotatable bonds is 5. The molecular weight excluding hydrogens is 342 g/mol. The van der Waals surface area contributed by atoms with Gasteiger partial charge in [0.1, 0.15) is 0 Å². The topological polar surface area (TPSA) is 81.9 Å². The van der Waals surface area contributed by atoms with Crippen LogP contribution in [0.5, 0.6) is 0 Å². The van der Waals surface area contributed by atoms with Crippen LogP contribution in [0.4, 0.5) is 10.5 Å². The molecule has 0 atom stereocenters. The van der Waals surface area contributed by atoms with E-state index in [0.717, 1.165) is 12.1 Å². The fourth-order valence-electron chi connectivity index (χ4n) is 2.88. The third kappa shape index (κ3) is 5.77. The lowest BCUT2D eigenvalue weighted by Crippen LogP contribution is -2.52. The summed E-state index contributed by atoms with van der Waals surface area (Å²) >= 11 is 0. The molecule has 1 aliphatic heterocycles. The van der Waals surface area contributed by atoms with E-state index in [9.17, 15) is 9.59 Å². The summed E-state index contributed by atoms with van der Waals surface area (Å²) in [5.74, 6) is 0.0396. The number of anilines is 1. The predicted octanol–water partition coefficient (Wildman–Crippen LogP) is 2.09. The Morgan fingerprint density at radius 1 is 1.15 bits per heavy atom. The van der Waals surface area contributed by atoms with E-state index in [0.29, 0.717) is 37.6 Å². The summed E-state index contributed by atoms with van der Waals surface area (Å²) in [6.45, 7) is 5.67. The van der Waals surface area contributed by atoms with E-state index in [4.69, 9.17) is 5.73 Å². The third-order valence-corrected chi connectivity index (χ3v) is 4.47. The minimum absolute atomic E-state index is 0.0396. The lowest BCUT2D eigenvalue weighted by atomic mass is 10.2. The van der Waals surface area contributed by atoms with Crippen molar-refractivity contribution in [2.24, 2.45) is 5.73 Å². The van der Waals surface area contributed by atoms with Gasteiger partial charge in [-0.15, -0.1) is 0 Å². The molecule has 0 saturated carbocycles. The van der Waals surface area contributed by atoms with Gasteiger partial charge in [0, 0.05) is 52.0 Å². The van der Waals surface area contributed by atoms with E-state index in [-0.39, 0.29) is 11.9 Å². The number of carbonyl (C=O) groups excluding carboxylic acids is 2. The van der Waals surface area contributed by atoms with E-state index in [1.807, 2.05) is 55.3 Å². The van der Waals surface area contributed by atoms with Crippen LogP contribution >= 0.6 is 0 Å². The number of allylic oxidation sites excluding steroid dienone is 1. The molecule has 0 radical (unpaired) electrons. The van der Waals surface area contributed by atoms with Crippen molar-refractivity contribution < 1.29 is 9.59 Å². The number of nitrogens with zero attached hydrogens (tertiary/aromatic N) is 3. The molecule has 0 aromatic heterocycles. The monoisotopic (exact) mass is 371 g/mol. The van der Waals surface area contributed by atoms with Crippen molar-refractivity contribution in [1.29, 1.82) is 0 Å². The number of amides is 3. The minimum Gasteiger partial charge on any atom is -0.396 e. The summed E-state index contributed by atoms with van der Waals surface area (Å²) in [6.07, 6.45) is 4.44. The van der Waals surface area contributed by atoms with Crippen LogP contribution in [0.25, 0.3) is 0 Å². The fourth-order valence-corrected chi connectivity index (χ4v) is 2.88. The number of urea groups is 1. The van der Waals surface area contributed by atoms with E-state index < -0.39 is 0 Å². The first-order valence-electron chi connectivity index (χ1n) is 9.19. The van der Waals surface area contributed by atoms with Gasteiger partial charge in [-0.2, -0.15) is 0 Å². The van der Waals surface area contributed by atoms with Crippen LogP contribution in [-0.4, -0.2) is 55.0 Å². The highest BCUT2D eigenvalue weighted by Gasteiger charge is 2.23. The molecule has 0 aliphatic carbocycles. The molecule has 1 saturated heterocycles. The summed E-state index contributed by atoms with van der Waals surface area (Å²) in [4.78, 5) is 29.4. The van der Waals surface area contributed by atoms with Gasteiger partial charge in [0.25, 0.3) is 0 Å². The molecule has 1 fully saturated rings. The van der Waals surface area contributed by atoms with E-state index >= 15 is 0 Å². The van der Waals surface area contributed by atoms with Crippen LogP contribution in [0.2, 0.25) is 0 Å². The molecule has 3 N–H and O–H groups in total. The zero-order chi connectivity index (χ0) is 19.8. The van der Waals surface area contributed by atoms with Crippen LogP contribution in [0, 0.1) is 0 Å². The van der Waals surface area contributed by atoms with Gasteiger partial charge in [-0.25, -0.2) is 4.79 Å². The molecule has 7 nitrogen and oxygen atoms in total. The number of nitrogens with two attached hydrogens (primary N) is 1. The standard InChI is InChI=1S/C20H29N5O2/c1-4-8-19(18(21)15-23(3)17-9-6-5-7-10-17)22-20(27)25-13-11-24(12-14-25)16(2)26/h5-10,15H,4,11-14,21H2,1-3H3,(H,22,27)/b18-15+,19-8-. The highest BCUT2D eigenvalue weighted by molar-refractivity contribution is 5.78. The summed E-state index contributed by atoms with van der Waals surface area (Å²) in [6, 6.07) is 9.65. The third-order valence-electron chi connectivity index (χ3n) is 4.47. The molecule has 27 heavy (non-hydrogen) atoms. The van der Waals surface area contributed by atoms with E-state index in [1.54, 1.807) is 22.9 Å². The molecule has 1 aromatic carbocycles. The van der Waals surface area contributed by atoms with Crippen LogP contribution in [-0.2, 0) is 4.79 Å². The Balaban J connectivity index is 2.02. The highest BCUT2D eigenvalue weighted by Crippen LogP contribution is 2.14. The van der Waals surface area contributed by atoms with Crippen molar-refractivity contribution in [1.82, 2.24) is 15.1 Å². The minimum atomic E-state index is -0.198. The van der Waals surface area contributed by atoms with Crippen LogP contribution in [0.1, 0.15) is 20.3 Å². The van der Waals surface area contributed by atoms with Gasteiger partial charge >= 0.3 is 6.03 Å². The van der Waals surface area contributed by atoms with Crippen molar-refractivity contribution in [3.8, 4) is 0 Å². The smallest absolute Gasteiger partial charge is 0.322 e. The molecule has 1 aliphatic rings. The van der Waals surface area contributed by atoms with Gasteiger partial charge < -0.3 is 25.8 Å². The predicted molar refractivity (Wildman–Crippen MR) is 108 cm³/mol. The lowest BCUT2D eigenvalue weighted by molar-refractivity contribution is -0.130. The van der Waals surface area contributed by atoms with Crippen molar-refractivity contribution in [2.75, 3.05) is 38.1 Å². The average molecular weight is 371 g/mol. The second kappa shape index (κ2) is 9.66. The first-order valence-corrected chi connectivity index (χ1v) is 9.19. The zero-order valence-corrected chi connectivity index (χ0v) is 16.3. The molecule has 0 spiro atoms. The van der Waals surface area contributed by atoms with Crippen LogP contribution in [0.15, 0.2) is 54.0 Å². The molecule has 0 bridgehead atoms. The molecule has 7 heteroatoms. The van der Waals surface area contributed by atoms with Crippen molar-refractivity contribution in [2.45, 2.75) is 20.3 Å². The largest absolute Gasteiger partial charge is 0.396 e. The second-order valence-corrected chi connectivity index (χ2v) is 6.48. The Morgan fingerprint density at radius 2 is 1.74 bits per heavy atom. The molecule has 3 amide bonds. The highest BCUT2D eigenvalue weighted by atomic mass is 16.2. The summed E-state index contributed by atoms with van der Waals surface area (Å²) in [5, 5.41) is 2.91. The van der Waals surface area contributed by atoms with Crippen LogP contribution < -0.4 is 16.0 Å². The summed E-state index contributed by atoms with van der Waals surface area (Å²) < 4.78 is 0. The Labute approximate surface area is 161 Å². The lowest BCUT2D eigenvalue weighted by Gasteiger charge is -2.34. The Morgan fingerprint density at radius 3 is 2.30 bits per heavy atom. The number of para-hydroxylation sites is 1. The van der Waals surface area contributed by atoms with Gasteiger partial charge in [-0.1, -0.05) is 31.2 Å². The van der Waals surface area contributed by atoms with E-state index in [2.05, 4.69) is 5.32 Å². The number of benzene rings is 1. The number of piperazine rings is 1. The molecule has 1 aromatic rings. The van der Waals surface area contributed by atoms with Gasteiger partial charge in [-0.05, 0) is 18.6 Å². The Bertz CT molecular complexity index is 706. The quantitative estimate of drug-likeness (QED) is 0.777. The molecule has 0 unspecified atom stereocenters. The Kier molecular flexibility index (Phi) is 7.28. The number of carbonyl (C=O) groups is 2. The first kappa shape index (κ1) is 20.4. The number of nitrogens with one attached hydrogen (secondary N) is 1. The number of hydrogen-bond acceptors (Lipinski definition) is 4. The van der Waals surface area contributed by atoms with Gasteiger partial charge in [0.05, 0.1) is 11.4 Å². The molecular formula is C20H29N5O2. The van der Waals surface area contributed by atoms with Crippen molar-refractivity contribution in [3.63, 3.8) is 0 Å².